The molecule has 0 fully saturated rings. The van der Waals surface area contributed by atoms with Gasteiger partial charge in [0.2, 0.25) is 0 Å². The Morgan fingerprint density at radius 1 is 1.24 bits per heavy atom. The topological polar surface area (TPSA) is 29.5 Å². The molecule has 0 radical (unpaired) electrons. The monoisotopic (exact) mass is 244 g/mol. The van der Waals surface area contributed by atoms with Crippen LogP contribution in [-0.2, 0) is 16.5 Å². The highest BCUT2D eigenvalue weighted by molar-refractivity contribution is 5.64. The lowest BCUT2D eigenvalue weighted by Crippen LogP contribution is -2.25. The zero-order valence-corrected chi connectivity index (χ0v) is 9.30. The van der Waals surface area contributed by atoms with Crippen molar-refractivity contribution in [2.24, 2.45) is 0 Å². The quantitative estimate of drug-likeness (QED) is 0.751. The number of rotatable bonds is 0. The molecule has 5 heteroatoms. The first-order chi connectivity index (χ1) is 7.72. The van der Waals surface area contributed by atoms with Crippen LogP contribution in [0.1, 0.15) is 30.5 Å². The van der Waals surface area contributed by atoms with Crippen molar-refractivity contribution < 1.29 is 23.0 Å². The van der Waals surface area contributed by atoms with Gasteiger partial charge in [0, 0.05) is 11.1 Å². The molecule has 0 saturated carbocycles. The van der Waals surface area contributed by atoms with Gasteiger partial charge >= 0.3 is 6.18 Å². The molecule has 0 aliphatic carbocycles. The van der Waals surface area contributed by atoms with Crippen LogP contribution >= 0.6 is 0 Å². The molecule has 1 aromatic carbocycles. The number of hydrogen-bond acceptors (Lipinski definition) is 2. The molecule has 0 atom stereocenters. The lowest BCUT2D eigenvalue weighted by molar-refractivity contribution is -0.137. The van der Waals surface area contributed by atoms with Gasteiger partial charge in [-0.25, -0.2) is 0 Å². The summed E-state index contributed by atoms with van der Waals surface area (Å²) in [6.45, 7) is 3.30. The third-order valence-corrected chi connectivity index (χ3v) is 2.74. The van der Waals surface area contributed by atoms with Crippen LogP contribution in [0.5, 0.6) is 0 Å². The minimum absolute atomic E-state index is 0.159. The van der Waals surface area contributed by atoms with Crippen molar-refractivity contribution in [3.05, 3.63) is 41.2 Å². The van der Waals surface area contributed by atoms with Crippen LogP contribution in [0.3, 0.4) is 0 Å². The van der Waals surface area contributed by atoms with E-state index in [2.05, 4.69) is 0 Å². The van der Waals surface area contributed by atoms with Crippen LogP contribution in [0.4, 0.5) is 13.2 Å². The third-order valence-electron chi connectivity index (χ3n) is 2.74. The highest BCUT2D eigenvalue weighted by Crippen LogP contribution is 2.39. The Hall–Kier alpha value is -1.65. The van der Waals surface area contributed by atoms with Crippen molar-refractivity contribution in [2.45, 2.75) is 25.6 Å². The van der Waals surface area contributed by atoms with E-state index in [0.717, 1.165) is 18.4 Å². The van der Waals surface area contributed by atoms with E-state index in [0.29, 0.717) is 11.1 Å². The molecule has 1 aliphatic heterocycles. The molecule has 2 rings (SSSR count). The number of hydrogen-bond donors (Lipinski definition) is 1. The predicted octanol–water partition coefficient (Wildman–Crippen LogP) is 3.83. The van der Waals surface area contributed by atoms with Gasteiger partial charge in [-0.1, -0.05) is 6.07 Å². The maximum absolute atomic E-state index is 12.6. The highest BCUT2D eigenvalue weighted by atomic mass is 19.4. The summed E-state index contributed by atoms with van der Waals surface area (Å²) in [5.74, 6) is -0.159. The second-order valence-corrected chi connectivity index (χ2v) is 4.39. The second kappa shape index (κ2) is 3.42. The van der Waals surface area contributed by atoms with Crippen LogP contribution in [0.15, 0.2) is 24.5 Å². The fourth-order valence-electron chi connectivity index (χ4n) is 1.77. The van der Waals surface area contributed by atoms with Gasteiger partial charge in [-0.05, 0) is 26.0 Å². The van der Waals surface area contributed by atoms with E-state index in [1.54, 1.807) is 13.8 Å². The van der Waals surface area contributed by atoms with Crippen molar-refractivity contribution in [1.82, 2.24) is 0 Å². The fraction of sp³-hybridized carbons (Fsp3) is 0.333. The van der Waals surface area contributed by atoms with Crippen molar-refractivity contribution in [2.75, 3.05) is 0 Å². The summed E-state index contributed by atoms with van der Waals surface area (Å²) in [5.41, 5.74) is -0.938. The Morgan fingerprint density at radius 3 is 2.47 bits per heavy atom. The molecule has 1 heterocycles. The highest BCUT2D eigenvalue weighted by Gasteiger charge is 2.35. The summed E-state index contributed by atoms with van der Waals surface area (Å²) in [7, 11) is 0. The molecule has 0 amide bonds. The summed E-state index contributed by atoms with van der Waals surface area (Å²) in [6, 6.07) is 3.22. The summed E-state index contributed by atoms with van der Waals surface area (Å²) in [6.07, 6.45) is -3.25. The fourth-order valence-corrected chi connectivity index (χ4v) is 1.77. The maximum atomic E-state index is 12.6. The molecule has 2 nitrogen and oxygen atoms in total. The number of ether oxygens (including phenoxy) is 1. The number of aliphatic hydroxyl groups is 1. The summed E-state index contributed by atoms with van der Waals surface area (Å²) in [4.78, 5) is 0. The van der Waals surface area contributed by atoms with Gasteiger partial charge in [0.25, 0.3) is 0 Å². The molecule has 0 bridgehead atoms. The Kier molecular flexibility index (Phi) is 2.38. The van der Waals surface area contributed by atoms with E-state index in [-0.39, 0.29) is 5.76 Å². The van der Waals surface area contributed by atoms with Gasteiger partial charge < -0.3 is 9.84 Å². The van der Waals surface area contributed by atoms with Crippen LogP contribution < -0.4 is 0 Å². The molecule has 0 saturated heterocycles. The standard InChI is InChI=1S/C12H11F3O2/c1-11(2)9-5-7(12(13,14)15)3-4-8(9)10(16)6-17-11/h3-6,16H,1-2H3. The van der Waals surface area contributed by atoms with Crippen molar-refractivity contribution in [3.63, 3.8) is 0 Å². The Labute approximate surface area is 96.3 Å². The Morgan fingerprint density at radius 2 is 1.88 bits per heavy atom. The molecule has 17 heavy (non-hydrogen) atoms. The van der Waals surface area contributed by atoms with Gasteiger partial charge in [-0.3, -0.25) is 0 Å². The van der Waals surface area contributed by atoms with E-state index < -0.39 is 17.3 Å². The van der Waals surface area contributed by atoms with Gasteiger partial charge in [-0.15, -0.1) is 0 Å². The van der Waals surface area contributed by atoms with E-state index in [4.69, 9.17) is 4.74 Å². The van der Waals surface area contributed by atoms with Gasteiger partial charge in [0.1, 0.15) is 11.9 Å². The maximum Gasteiger partial charge on any atom is 0.416 e. The summed E-state index contributed by atoms with van der Waals surface area (Å²) >= 11 is 0. The minimum atomic E-state index is -4.40. The van der Waals surface area contributed by atoms with Gasteiger partial charge in [0.05, 0.1) is 5.56 Å². The first-order valence-electron chi connectivity index (χ1n) is 5.01. The van der Waals surface area contributed by atoms with Crippen molar-refractivity contribution in [3.8, 4) is 0 Å². The number of aliphatic hydroxyl groups excluding tert-OH is 1. The van der Waals surface area contributed by atoms with E-state index in [1.165, 1.54) is 6.07 Å². The lowest BCUT2D eigenvalue weighted by atomic mass is 9.89. The zero-order chi connectivity index (χ0) is 12.8. The van der Waals surface area contributed by atoms with E-state index in [1.807, 2.05) is 0 Å². The summed E-state index contributed by atoms with van der Waals surface area (Å²) < 4.78 is 43.0. The molecule has 0 aromatic heterocycles. The van der Waals surface area contributed by atoms with Crippen LogP contribution in [0.2, 0.25) is 0 Å². The molecule has 0 unspecified atom stereocenters. The average Bonchev–Trinajstić information content (AvgIpc) is 2.22. The molecule has 1 aliphatic rings. The zero-order valence-electron chi connectivity index (χ0n) is 9.30. The molecule has 1 N–H and O–H groups in total. The molecule has 0 spiro atoms. The first-order valence-corrected chi connectivity index (χ1v) is 5.01. The average molecular weight is 244 g/mol. The largest absolute Gasteiger partial charge is 0.504 e. The normalized spacial score (nSPS) is 18.1. The van der Waals surface area contributed by atoms with Gasteiger partial charge in [-0.2, -0.15) is 13.2 Å². The Bertz CT molecular complexity index is 487. The number of fused-ring (bicyclic) bond motifs is 1. The predicted molar refractivity (Wildman–Crippen MR) is 56.2 cm³/mol. The number of alkyl halides is 3. The molecular weight excluding hydrogens is 233 g/mol. The Balaban J connectivity index is 2.62. The van der Waals surface area contributed by atoms with Crippen LogP contribution in [-0.4, -0.2) is 5.11 Å². The van der Waals surface area contributed by atoms with Crippen molar-refractivity contribution >= 4 is 5.76 Å². The SMILES string of the molecule is CC1(C)OC=C(O)c2ccc(C(F)(F)F)cc21. The first kappa shape index (κ1) is 11.8. The summed E-state index contributed by atoms with van der Waals surface area (Å²) in [5, 5.41) is 9.54. The number of benzene rings is 1. The van der Waals surface area contributed by atoms with E-state index in [9.17, 15) is 18.3 Å². The number of halogens is 3. The minimum Gasteiger partial charge on any atom is -0.504 e. The molecule has 1 aromatic rings. The lowest BCUT2D eigenvalue weighted by Gasteiger charge is -2.31. The molecular formula is C12H11F3O2. The van der Waals surface area contributed by atoms with Gasteiger partial charge in [0.15, 0.2) is 5.76 Å². The smallest absolute Gasteiger partial charge is 0.416 e. The van der Waals surface area contributed by atoms with Crippen LogP contribution in [0, 0.1) is 0 Å². The second-order valence-electron chi connectivity index (χ2n) is 4.39. The van der Waals surface area contributed by atoms with Crippen molar-refractivity contribution in [1.29, 1.82) is 0 Å². The van der Waals surface area contributed by atoms with Crippen LogP contribution in [0.25, 0.3) is 5.76 Å². The van der Waals surface area contributed by atoms with E-state index >= 15 is 0 Å². The molecule has 92 valence electrons. The third kappa shape index (κ3) is 1.97.